The second-order valence-electron chi connectivity index (χ2n) is 7.72. The minimum atomic E-state index is -0.531. The Morgan fingerprint density at radius 3 is 2.82 bits per heavy atom. The van der Waals surface area contributed by atoms with Gasteiger partial charge in [0.2, 0.25) is 5.91 Å². The molecule has 0 saturated carbocycles. The Labute approximate surface area is 200 Å². The van der Waals surface area contributed by atoms with Gasteiger partial charge in [-0.15, -0.1) is 11.3 Å². The molecule has 2 aromatic carbocycles. The maximum absolute atomic E-state index is 13.4. The molecule has 0 aliphatic carbocycles. The molecule has 8 nitrogen and oxygen atoms in total. The molecule has 0 unspecified atom stereocenters. The number of benzene rings is 2. The van der Waals surface area contributed by atoms with Crippen molar-refractivity contribution in [2.45, 2.75) is 19.6 Å². The van der Waals surface area contributed by atoms with Crippen LogP contribution in [0.25, 0.3) is 0 Å². The van der Waals surface area contributed by atoms with Crippen molar-refractivity contribution in [2.24, 2.45) is 0 Å². The number of aromatic nitrogens is 1. The van der Waals surface area contributed by atoms with E-state index in [0.29, 0.717) is 33.6 Å². The van der Waals surface area contributed by atoms with Crippen LogP contribution in [-0.4, -0.2) is 28.8 Å². The summed E-state index contributed by atoms with van der Waals surface area (Å²) >= 11 is 1.33. The number of para-hydroxylation sites is 1. The third kappa shape index (κ3) is 4.01. The zero-order chi connectivity index (χ0) is 23.7. The summed E-state index contributed by atoms with van der Waals surface area (Å²) in [4.78, 5) is 34.0. The zero-order valence-electron chi connectivity index (χ0n) is 18.6. The molecule has 3 heterocycles. The minimum absolute atomic E-state index is 0.124. The molecule has 1 aliphatic heterocycles. The second kappa shape index (κ2) is 9.03. The molecule has 0 radical (unpaired) electrons. The van der Waals surface area contributed by atoms with E-state index in [1.807, 2.05) is 47.8 Å². The van der Waals surface area contributed by atoms with Crippen molar-refractivity contribution in [1.29, 1.82) is 0 Å². The number of thiazole rings is 1. The van der Waals surface area contributed by atoms with Crippen LogP contribution in [-0.2, 0) is 11.3 Å². The molecular weight excluding hydrogens is 452 g/mol. The van der Waals surface area contributed by atoms with Gasteiger partial charge in [0.1, 0.15) is 17.7 Å². The fourth-order valence-electron chi connectivity index (χ4n) is 3.94. The van der Waals surface area contributed by atoms with Crippen LogP contribution in [0.1, 0.15) is 34.9 Å². The highest BCUT2D eigenvalue weighted by Crippen LogP contribution is 2.37. The summed E-state index contributed by atoms with van der Waals surface area (Å²) in [6.07, 6.45) is 1.05. The first-order chi connectivity index (χ1) is 16.5. The van der Waals surface area contributed by atoms with Crippen LogP contribution in [0, 0.1) is 0 Å². The van der Waals surface area contributed by atoms with Crippen molar-refractivity contribution in [3.8, 4) is 5.75 Å². The second-order valence-corrected chi connectivity index (χ2v) is 8.55. The molecule has 1 aliphatic rings. The van der Waals surface area contributed by atoms with E-state index in [0.717, 1.165) is 5.69 Å². The van der Waals surface area contributed by atoms with Crippen LogP contribution >= 0.6 is 11.3 Å². The molecule has 0 fully saturated rings. The van der Waals surface area contributed by atoms with E-state index in [-0.39, 0.29) is 18.4 Å². The molecule has 9 heteroatoms. The number of amides is 2. The predicted molar refractivity (Wildman–Crippen MR) is 129 cm³/mol. The fourth-order valence-corrected chi connectivity index (χ4v) is 4.85. The summed E-state index contributed by atoms with van der Waals surface area (Å²) in [5, 5.41) is 5.79. The summed E-state index contributed by atoms with van der Waals surface area (Å²) in [5.74, 6) is 0.999. The standard InChI is InChI=1S/C25H22N4O4S/c1-16(30)29(17-7-5-8-18(13-17)32-2)25-27-22(15-34-25)23-26-21-11-4-3-10-20(21)24(31)28(23)14-19-9-6-12-33-19/h3-13,15,23,26H,14H2,1-2H3/t23-/m1/s1. The van der Waals surface area contributed by atoms with Gasteiger partial charge in [0.15, 0.2) is 5.13 Å². The number of methoxy groups -OCH3 is 1. The number of carbonyl (C=O) groups excluding carboxylic acids is 2. The smallest absolute Gasteiger partial charge is 0.258 e. The van der Waals surface area contributed by atoms with Gasteiger partial charge in [0.25, 0.3) is 5.91 Å². The summed E-state index contributed by atoms with van der Waals surface area (Å²) in [6, 6.07) is 18.3. The summed E-state index contributed by atoms with van der Waals surface area (Å²) < 4.78 is 10.8. The van der Waals surface area contributed by atoms with Gasteiger partial charge < -0.3 is 19.4 Å². The zero-order valence-corrected chi connectivity index (χ0v) is 19.4. The first-order valence-electron chi connectivity index (χ1n) is 10.6. The first kappa shape index (κ1) is 21.7. The van der Waals surface area contributed by atoms with Gasteiger partial charge in [0, 0.05) is 24.1 Å². The van der Waals surface area contributed by atoms with Crippen LogP contribution in [0.5, 0.6) is 5.75 Å². The molecule has 0 spiro atoms. The Balaban J connectivity index is 1.52. The maximum atomic E-state index is 13.4. The topological polar surface area (TPSA) is 87.9 Å². The molecule has 1 N–H and O–H groups in total. The molecule has 2 amide bonds. The largest absolute Gasteiger partial charge is 0.497 e. The van der Waals surface area contributed by atoms with Gasteiger partial charge in [-0.2, -0.15) is 0 Å². The van der Waals surface area contributed by atoms with Gasteiger partial charge in [-0.1, -0.05) is 18.2 Å². The fraction of sp³-hybridized carbons (Fsp3) is 0.160. The average molecular weight is 475 g/mol. The maximum Gasteiger partial charge on any atom is 0.258 e. The molecular formula is C25H22N4O4S. The molecule has 0 saturated heterocycles. The van der Waals surface area contributed by atoms with Gasteiger partial charge in [0.05, 0.1) is 36.9 Å². The predicted octanol–water partition coefficient (Wildman–Crippen LogP) is 5.20. The van der Waals surface area contributed by atoms with Crippen LogP contribution in [0.15, 0.2) is 76.7 Å². The molecule has 172 valence electrons. The Morgan fingerprint density at radius 2 is 2.06 bits per heavy atom. The van der Waals surface area contributed by atoms with Crippen LogP contribution in [0.2, 0.25) is 0 Å². The third-order valence-corrected chi connectivity index (χ3v) is 6.38. The number of hydrogen-bond acceptors (Lipinski definition) is 7. The number of nitrogens with zero attached hydrogens (tertiary/aromatic N) is 3. The van der Waals surface area contributed by atoms with Gasteiger partial charge in [-0.25, -0.2) is 4.98 Å². The lowest BCUT2D eigenvalue weighted by molar-refractivity contribution is -0.115. The summed E-state index contributed by atoms with van der Waals surface area (Å²) in [7, 11) is 1.58. The molecule has 4 aromatic rings. The number of furan rings is 1. The SMILES string of the molecule is COc1cccc(N(C(C)=O)c2nc([C@@H]3Nc4ccccc4C(=O)N3Cc3ccco3)cs2)c1. The number of carbonyl (C=O) groups is 2. The van der Waals surface area contributed by atoms with Crippen molar-refractivity contribution >= 4 is 39.7 Å². The molecule has 5 rings (SSSR count). The number of hydrogen-bond donors (Lipinski definition) is 1. The number of rotatable bonds is 6. The van der Waals surface area contributed by atoms with E-state index < -0.39 is 6.17 Å². The van der Waals surface area contributed by atoms with E-state index in [2.05, 4.69) is 5.32 Å². The lowest BCUT2D eigenvalue weighted by Crippen LogP contribution is -2.42. The average Bonchev–Trinajstić information content (AvgIpc) is 3.53. The number of ether oxygens (including phenoxy) is 1. The lowest BCUT2D eigenvalue weighted by atomic mass is 10.1. The Bertz CT molecular complexity index is 1330. The molecule has 2 aromatic heterocycles. The summed E-state index contributed by atoms with van der Waals surface area (Å²) in [6.45, 7) is 1.76. The Morgan fingerprint density at radius 1 is 1.21 bits per heavy atom. The Hall–Kier alpha value is -4.11. The first-order valence-corrected chi connectivity index (χ1v) is 11.5. The highest BCUT2D eigenvalue weighted by molar-refractivity contribution is 7.14. The van der Waals surface area contributed by atoms with E-state index in [1.54, 1.807) is 36.5 Å². The summed E-state index contributed by atoms with van der Waals surface area (Å²) in [5.41, 5.74) is 2.60. The van der Waals surface area contributed by atoms with Crippen LogP contribution in [0.3, 0.4) is 0 Å². The van der Waals surface area contributed by atoms with Crippen molar-refractivity contribution in [2.75, 3.05) is 17.3 Å². The molecule has 34 heavy (non-hydrogen) atoms. The lowest BCUT2D eigenvalue weighted by Gasteiger charge is -2.36. The normalized spacial score (nSPS) is 14.9. The third-order valence-electron chi connectivity index (χ3n) is 5.54. The number of nitrogens with one attached hydrogen (secondary N) is 1. The van der Waals surface area contributed by atoms with Crippen LogP contribution in [0.4, 0.5) is 16.5 Å². The highest BCUT2D eigenvalue weighted by Gasteiger charge is 2.35. The molecule has 1 atom stereocenters. The van der Waals surface area contributed by atoms with E-state index in [9.17, 15) is 9.59 Å². The molecule has 0 bridgehead atoms. The van der Waals surface area contributed by atoms with Crippen LogP contribution < -0.4 is 15.0 Å². The van der Waals surface area contributed by atoms with Gasteiger partial charge in [-0.05, 0) is 36.4 Å². The van der Waals surface area contributed by atoms with E-state index in [1.165, 1.54) is 23.2 Å². The van der Waals surface area contributed by atoms with Crippen molar-refractivity contribution in [1.82, 2.24) is 9.88 Å². The van der Waals surface area contributed by atoms with E-state index in [4.69, 9.17) is 14.1 Å². The van der Waals surface area contributed by atoms with Gasteiger partial charge in [-0.3, -0.25) is 14.5 Å². The monoisotopic (exact) mass is 474 g/mol. The van der Waals surface area contributed by atoms with Crippen molar-refractivity contribution < 1.29 is 18.7 Å². The van der Waals surface area contributed by atoms with Gasteiger partial charge >= 0.3 is 0 Å². The Kier molecular flexibility index (Phi) is 5.77. The number of fused-ring (bicyclic) bond motifs is 1. The minimum Gasteiger partial charge on any atom is -0.497 e. The van der Waals surface area contributed by atoms with Crippen molar-refractivity contribution in [3.05, 3.63) is 89.3 Å². The highest BCUT2D eigenvalue weighted by atomic mass is 32.1. The van der Waals surface area contributed by atoms with E-state index >= 15 is 0 Å². The van der Waals surface area contributed by atoms with Crippen molar-refractivity contribution in [3.63, 3.8) is 0 Å². The quantitative estimate of drug-likeness (QED) is 0.413. The number of anilines is 3.